The predicted molar refractivity (Wildman–Crippen MR) is 120 cm³/mol. The molecule has 0 spiro atoms. The van der Waals surface area contributed by atoms with Crippen molar-refractivity contribution >= 4 is 5.96 Å². The van der Waals surface area contributed by atoms with Gasteiger partial charge in [-0.05, 0) is 57.2 Å². The van der Waals surface area contributed by atoms with Crippen LogP contribution in [-0.2, 0) is 24.8 Å². The number of aliphatic imine (C=N–C) groups is 1. The van der Waals surface area contributed by atoms with E-state index in [1.54, 1.807) is 7.11 Å². The molecule has 8 nitrogen and oxygen atoms in total. The summed E-state index contributed by atoms with van der Waals surface area (Å²) in [4.78, 5) is 4.68. The fraction of sp³-hybridized carbons (Fsp3) is 0.591. The molecule has 1 heterocycles. The van der Waals surface area contributed by atoms with Gasteiger partial charge in [-0.15, -0.1) is 10.2 Å². The Morgan fingerprint density at radius 3 is 2.43 bits per heavy atom. The van der Waals surface area contributed by atoms with Crippen LogP contribution < -0.4 is 15.4 Å². The number of aryl methyl sites for hydroxylation is 2. The molecule has 30 heavy (non-hydrogen) atoms. The van der Waals surface area contributed by atoms with Gasteiger partial charge in [-0.3, -0.25) is 0 Å². The second-order valence-electron chi connectivity index (χ2n) is 7.10. The first-order chi connectivity index (χ1) is 14.6. The van der Waals surface area contributed by atoms with Crippen molar-refractivity contribution in [2.24, 2.45) is 12.0 Å². The molecule has 2 N–H and O–H groups in total. The maximum Gasteiger partial charge on any atom is 0.191 e. The fourth-order valence-corrected chi connectivity index (χ4v) is 2.89. The summed E-state index contributed by atoms with van der Waals surface area (Å²) >= 11 is 0. The zero-order valence-corrected chi connectivity index (χ0v) is 18.8. The van der Waals surface area contributed by atoms with Crippen LogP contribution in [0.2, 0.25) is 0 Å². The molecule has 0 aliphatic rings. The Morgan fingerprint density at radius 1 is 1.07 bits per heavy atom. The van der Waals surface area contributed by atoms with Crippen LogP contribution in [0.3, 0.4) is 0 Å². The molecule has 0 aliphatic carbocycles. The van der Waals surface area contributed by atoms with Crippen molar-refractivity contribution in [3.8, 4) is 5.75 Å². The summed E-state index contributed by atoms with van der Waals surface area (Å²) < 4.78 is 12.6. The molecule has 8 heteroatoms. The van der Waals surface area contributed by atoms with E-state index in [1.165, 1.54) is 5.56 Å². The maximum atomic E-state index is 5.40. The molecule has 1 aromatic carbocycles. The highest BCUT2D eigenvalue weighted by molar-refractivity contribution is 5.79. The average Bonchev–Trinajstić information content (AvgIpc) is 3.09. The average molecular weight is 417 g/mol. The molecule has 2 rings (SSSR count). The summed E-state index contributed by atoms with van der Waals surface area (Å²) in [6.45, 7) is 7.62. The van der Waals surface area contributed by atoms with Crippen LogP contribution in [0.1, 0.15) is 43.4 Å². The Morgan fingerprint density at radius 2 is 1.80 bits per heavy atom. The number of methoxy groups -OCH3 is 1. The molecule has 0 unspecified atom stereocenters. The number of hydrogen-bond donors (Lipinski definition) is 2. The number of ether oxygens (including phenoxy) is 2. The smallest absolute Gasteiger partial charge is 0.191 e. The SMILES string of the molecule is CCOCCCNC(=NCc1nnc(C)n1C)NCCCCc1ccc(OC)cc1. The maximum absolute atomic E-state index is 5.40. The Bertz CT molecular complexity index is 757. The molecule has 166 valence electrons. The normalized spacial score (nSPS) is 11.5. The molecule has 0 bridgehead atoms. The fourth-order valence-electron chi connectivity index (χ4n) is 2.89. The summed E-state index contributed by atoms with van der Waals surface area (Å²) in [5, 5.41) is 15.1. The number of guanidine groups is 1. The number of unbranched alkanes of at least 4 members (excludes halogenated alkanes) is 1. The number of nitrogens with zero attached hydrogens (tertiary/aromatic N) is 4. The van der Waals surface area contributed by atoms with Crippen molar-refractivity contribution in [1.82, 2.24) is 25.4 Å². The van der Waals surface area contributed by atoms with Crippen molar-refractivity contribution in [3.05, 3.63) is 41.5 Å². The first-order valence-electron chi connectivity index (χ1n) is 10.7. The minimum atomic E-state index is 0.490. The number of rotatable bonds is 13. The first-order valence-corrected chi connectivity index (χ1v) is 10.7. The second-order valence-corrected chi connectivity index (χ2v) is 7.10. The summed E-state index contributed by atoms with van der Waals surface area (Å²) in [5.41, 5.74) is 1.33. The van der Waals surface area contributed by atoms with E-state index in [0.717, 1.165) is 75.3 Å². The van der Waals surface area contributed by atoms with Gasteiger partial charge in [0.1, 0.15) is 18.1 Å². The molecular formula is C22H36N6O2. The summed E-state index contributed by atoms with van der Waals surface area (Å²) in [7, 11) is 3.65. The third-order valence-corrected chi connectivity index (χ3v) is 4.87. The van der Waals surface area contributed by atoms with Gasteiger partial charge in [-0.2, -0.15) is 0 Å². The van der Waals surface area contributed by atoms with E-state index in [2.05, 4.69) is 38.0 Å². The van der Waals surface area contributed by atoms with Gasteiger partial charge in [0.25, 0.3) is 0 Å². The van der Waals surface area contributed by atoms with E-state index in [1.807, 2.05) is 37.6 Å². The monoisotopic (exact) mass is 416 g/mol. The Balaban J connectivity index is 1.77. The van der Waals surface area contributed by atoms with Crippen molar-refractivity contribution < 1.29 is 9.47 Å². The molecule has 0 saturated carbocycles. The Hall–Kier alpha value is -2.61. The van der Waals surface area contributed by atoms with Crippen LogP contribution in [-0.4, -0.2) is 54.1 Å². The van der Waals surface area contributed by atoms with Gasteiger partial charge >= 0.3 is 0 Å². The number of hydrogen-bond acceptors (Lipinski definition) is 5. The van der Waals surface area contributed by atoms with Crippen LogP contribution in [0.25, 0.3) is 0 Å². The van der Waals surface area contributed by atoms with Crippen molar-refractivity contribution in [2.45, 2.75) is 46.1 Å². The predicted octanol–water partition coefficient (Wildman–Crippen LogP) is 2.62. The van der Waals surface area contributed by atoms with Crippen LogP contribution in [0.5, 0.6) is 5.75 Å². The Kier molecular flexibility index (Phi) is 10.7. The largest absolute Gasteiger partial charge is 0.497 e. The van der Waals surface area contributed by atoms with Crippen molar-refractivity contribution in [3.63, 3.8) is 0 Å². The highest BCUT2D eigenvalue weighted by Gasteiger charge is 2.05. The zero-order chi connectivity index (χ0) is 21.6. The standard InChI is InChI=1S/C22H36N6O2/c1-5-30-16-8-15-24-22(25-17-21-27-26-18(2)28(21)3)23-14-7-6-9-19-10-12-20(29-4)13-11-19/h10-13H,5-9,14-17H2,1-4H3,(H2,23,24,25). The van der Waals surface area contributed by atoms with E-state index in [-0.39, 0.29) is 0 Å². The molecule has 1 aromatic heterocycles. The van der Waals surface area contributed by atoms with Gasteiger partial charge in [0.15, 0.2) is 11.8 Å². The van der Waals surface area contributed by atoms with Gasteiger partial charge in [0.05, 0.1) is 7.11 Å². The quantitative estimate of drug-likeness (QED) is 0.297. The minimum absolute atomic E-state index is 0.490. The lowest BCUT2D eigenvalue weighted by atomic mass is 10.1. The molecule has 0 amide bonds. The van der Waals surface area contributed by atoms with Crippen molar-refractivity contribution in [1.29, 1.82) is 0 Å². The number of benzene rings is 1. The summed E-state index contributed by atoms with van der Waals surface area (Å²) in [6.07, 6.45) is 4.17. The van der Waals surface area contributed by atoms with Crippen LogP contribution >= 0.6 is 0 Å². The highest BCUT2D eigenvalue weighted by atomic mass is 16.5. The topological polar surface area (TPSA) is 85.6 Å². The van der Waals surface area contributed by atoms with Crippen LogP contribution in [0, 0.1) is 6.92 Å². The summed E-state index contributed by atoms with van der Waals surface area (Å²) in [6, 6.07) is 8.28. The first kappa shape index (κ1) is 23.7. The number of nitrogens with one attached hydrogen (secondary N) is 2. The molecule has 0 saturated heterocycles. The molecule has 0 aliphatic heterocycles. The van der Waals surface area contributed by atoms with Gasteiger partial charge < -0.3 is 24.7 Å². The number of aromatic nitrogens is 3. The molecule has 0 radical (unpaired) electrons. The molecule has 0 fully saturated rings. The van der Waals surface area contributed by atoms with E-state index in [9.17, 15) is 0 Å². The summed E-state index contributed by atoms with van der Waals surface area (Å²) in [5.74, 6) is 3.44. The second kappa shape index (κ2) is 13.6. The van der Waals surface area contributed by atoms with Gasteiger partial charge in [-0.1, -0.05) is 12.1 Å². The lowest BCUT2D eigenvalue weighted by Crippen LogP contribution is -2.38. The van der Waals surface area contributed by atoms with Crippen LogP contribution in [0.4, 0.5) is 0 Å². The third kappa shape index (κ3) is 8.41. The third-order valence-electron chi connectivity index (χ3n) is 4.87. The van der Waals surface area contributed by atoms with Crippen molar-refractivity contribution in [2.75, 3.05) is 33.4 Å². The molecule has 2 aromatic rings. The van der Waals surface area contributed by atoms with Gasteiger partial charge in [0.2, 0.25) is 0 Å². The Labute approximate surface area is 180 Å². The van der Waals surface area contributed by atoms with E-state index in [0.29, 0.717) is 6.54 Å². The van der Waals surface area contributed by atoms with E-state index in [4.69, 9.17) is 9.47 Å². The minimum Gasteiger partial charge on any atom is -0.497 e. The highest BCUT2D eigenvalue weighted by Crippen LogP contribution is 2.13. The molecule has 0 atom stereocenters. The van der Waals surface area contributed by atoms with Gasteiger partial charge in [0, 0.05) is 33.4 Å². The van der Waals surface area contributed by atoms with E-state index >= 15 is 0 Å². The molecular weight excluding hydrogens is 380 g/mol. The van der Waals surface area contributed by atoms with E-state index < -0.39 is 0 Å². The van der Waals surface area contributed by atoms with Crippen LogP contribution in [0.15, 0.2) is 29.3 Å². The lowest BCUT2D eigenvalue weighted by Gasteiger charge is -2.13. The van der Waals surface area contributed by atoms with Gasteiger partial charge in [-0.25, -0.2) is 4.99 Å². The zero-order valence-electron chi connectivity index (χ0n) is 18.8. The lowest BCUT2D eigenvalue weighted by molar-refractivity contribution is 0.145.